The molecule has 1 aromatic carbocycles. The van der Waals surface area contributed by atoms with E-state index in [1.54, 1.807) is 7.11 Å². The Morgan fingerprint density at radius 3 is 3.00 bits per heavy atom. The van der Waals surface area contributed by atoms with Crippen LogP contribution in [0.4, 0.5) is 0 Å². The van der Waals surface area contributed by atoms with E-state index in [1.165, 1.54) is 18.4 Å². The van der Waals surface area contributed by atoms with Crippen molar-refractivity contribution in [1.82, 2.24) is 5.32 Å². The van der Waals surface area contributed by atoms with Gasteiger partial charge in [-0.3, -0.25) is 0 Å². The Labute approximate surface area is 92.8 Å². The Hall–Kier alpha value is -0.540. The zero-order valence-corrected chi connectivity index (χ0v) is 9.80. The van der Waals surface area contributed by atoms with Gasteiger partial charge in [-0.15, -0.1) is 0 Å². The molecule has 2 rings (SSSR count). The maximum atomic E-state index is 5.37. The van der Waals surface area contributed by atoms with Gasteiger partial charge in [-0.1, -0.05) is 22.0 Å². The molecule has 0 aromatic heterocycles. The highest BCUT2D eigenvalue weighted by molar-refractivity contribution is 9.10. The quantitative estimate of drug-likeness (QED) is 0.878. The van der Waals surface area contributed by atoms with Crippen molar-refractivity contribution in [2.75, 3.05) is 13.7 Å². The van der Waals surface area contributed by atoms with Crippen LogP contribution in [0, 0.1) is 0 Å². The van der Waals surface area contributed by atoms with Crippen molar-refractivity contribution in [3.63, 3.8) is 0 Å². The molecule has 0 radical (unpaired) electrons. The maximum Gasteiger partial charge on any atom is 0.124 e. The molecule has 1 fully saturated rings. The van der Waals surface area contributed by atoms with Crippen LogP contribution in [-0.2, 0) is 0 Å². The third-order valence-corrected chi connectivity index (χ3v) is 3.33. The first-order valence-corrected chi connectivity index (χ1v) is 5.68. The van der Waals surface area contributed by atoms with Crippen molar-refractivity contribution >= 4 is 15.9 Å². The molecule has 0 spiro atoms. The molecule has 2 nitrogen and oxygen atoms in total. The molecule has 1 unspecified atom stereocenters. The number of methoxy groups -OCH3 is 1. The molecule has 1 heterocycles. The minimum atomic E-state index is 0.445. The molecular weight excluding hydrogens is 242 g/mol. The number of rotatable bonds is 2. The fourth-order valence-corrected chi connectivity index (χ4v) is 2.59. The van der Waals surface area contributed by atoms with Gasteiger partial charge in [0.1, 0.15) is 5.75 Å². The van der Waals surface area contributed by atoms with Gasteiger partial charge in [0.2, 0.25) is 0 Å². The van der Waals surface area contributed by atoms with Crippen LogP contribution in [0.25, 0.3) is 0 Å². The summed E-state index contributed by atoms with van der Waals surface area (Å²) < 4.78 is 6.50. The zero-order valence-electron chi connectivity index (χ0n) is 8.22. The standard InChI is InChI=1S/C11H14BrNO/c1-14-10-6-2-4-8(12)11(10)9-5-3-7-13-9/h2,4,6,9,13H,3,5,7H2,1H3. The highest BCUT2D eigenvalue weighted by atomic mass is 79.9. The first-order valence-electron chi connectivity index (χ1n) is 4.88. The van der Waals surface area contributed by atoms with Crippen molar-refractivity contribution in [3.05, 3.63) is 28.2 Å². The number of benzene rings is 1. The van der Waals surface area contributed by atoms with Crippen LogP contribution in [0.1, 0.15) is 24.4 Å². The Bertz CT molecular complexity index is 321. The van der Waals surface area contributed by atoms with Crippen molar-refractivity contribution in [3.8, 4) is 5.75 Å². The van der Waals surface area contributed by atoms with Crippen LogP contribution >= 0.6 is 15.9 Å². The van der Waals surface area contributed by atoms with Gasteiger partial charge in [-0.05, 0) is 31.5 Å². The first-order chi connectivity index (χ1) is 6.83. The molecule has 14 heavy (non-hydrogen) atoms. The number of hydrogen-bond donors (Lipinski definition) is 1. The van der Waals surface area contributed by atoms with E-state index in [0.29, 0.717) is 6.04 Å². The summed E-state index contributed by atoms with van der Waals surface area (Å²) >= 11 is 3.58. The summed E-state index contributed by atoms with van der Waals surface area (Å²) in [6, 6.07) is 6.53. The van der Waals surface area contributed by atoms with Crippen LogP contribution < -0.4 is 10.1 Å². The summed E-state index contributed by atoms with van der Waals surface area (Å²) in [5, 5.41) is 3.48. The molecular formula is C11H14BrNO. The molecule has 0 aliphatic carbocycles. The van der Waals surface area contributed by atoms with Gasteiger partial charge in [0, 0.05) is 16.1 Å². The van der Waals surface area contributed by atoms with E-state index in [-0.39, 0.29) is 0 Å². The third-order valence-electron chi connectivity index (χ3n) is 2.64. The van der Waals surface area contributed by atoms with E-state index in [0.717, 1.165) is 16.8 Å². The summed E-state index contributed by atoms with van der Waals surface area (Å²) in [5.41, 5.74) is 1.26. The topological polar surface area (TPSA) is 21.3 Å². The van der Waals surface area contributed by atoms with Gasteiger partial charge < -0.3 is 10.1 Å². The predicted octanol–water partition coefficient (Wildman–Crippen LogP) is 2.88. The van der Waals surface area contributed by atoms with Crippen molar-refractivity contribution in [1.29, 1.82) is 0 Å². The smallest absolute Gasteiger partial charge is 0.124 e. The molecule has 3 heteroatoms. The fourth-order valence-electron chi connectivity index (χ4n) is 1.96. The lowest BCUT2D eigenvalue weighted by molar-refractivity contribution is 0.402. The first kappa shape index (κ1) is 9.99. The van der Waals surface area contributed by atoms with Gasteiger partial charge in [-0.25, -0.2) is 0 Å². The van der Waals surface area contributed by atoms with E-state index in [9.17, 15) is 0 Å². The van der Waals surface area contributed by atoms with Gasteiger partial charge in [0.05, 0.1) is 7.11 Å². The highest BCUT2D eigenvalue weighted by Gasteiger charge is 2.21. The average molecular weight is 256 g/mol. The molecule has 1 saturated heterocycles. The van der Waals surface area contributed by atoms with E-state index in [4.69, 9.17) is 4.74 Å². The molecule has 0 saturated carbocycles. The molecule has 1 aromatic rings. The van der Waals surface area contributed by atoms with Crippen molar-refractivity contribution in [2.24, 2.45) is 0 Å². The van der Waals surface area contributed by atoms with E-state index in [2.05, 4.69) is 27.3 Å². The summed E-state index contributed by atoms with van der Waals surface area (Å²) in [7, 11) is 1.72. The van der Waals surface area contributed by atoms with Crippen molar-refractivity contribution < 1.29 is 4.74 Å². The van der Waals surface area contributed by atoms with Gasteiger partial charge in [-0.2, -0.15) is 0 Å². The molecule has 0 bridgehead atoms. The lowest BCUT2D eigenvalue weighted by atomic mass is 10.0. The summed E-state index contributed by atoms with van der Waals surface area (Å²) in [4.78, 5) is 0. The SMILES string of the molecule is COc1cccc(Br)c1C1CCCN1. The average Bonchev–Trinajstić information content (AvgIpc) is 2.70. The predicted molar refractivity (Wildman–Crippen MR) is 60.7 cm³/mol. The second kappa shape index (κ2) is 4.32. The van der Waals surface area contributed by atoms with Gasteiger partial charge >= 0.3 is 0 Å². The summed E-state index contributed by atoms with van der Waals surface area (Å²) in [6.07, 6.45) is 2.44. The zero-order chi connectivity index (χ0) is 9.97. The maximum absolute atomic E-state index is 5.37. The monoisotopic (exact) mass is 255 g/mol. The minimum Gasteiger partial charge on any atom is -0.496 e. The van der Waals surface area contributed by atoms with Crippen LogP contribution in [0.15, 0.2) is 22.7 Å². The van der Waals surface area contributed by atoms with Gasteiger partial charge in [0.15, 0.2) is 0 Å². The Kier molecular flexibility index (Phi) is 3.08. The number of nitrogens with one attached hydrogen (secondary N) is 1. The lowest BCUT2D eigenvalue weighted by Gasteiger charge is -2.16. The molecule has 1 N–H and O–H groups in total. The number of hydrogen-bond acceptors (Lipinski definition) is 2. The molecule has 76 valence electrons. The van der Waals surface area contributed by atoms with Gasteiger partial charge in [0.25, 0.3) is 0 Å². The normalized spacial score (nSPS) is 21.1. The third kappa shape index (κ3) is 1.79. The highest BCUT2D eigenvalue weighted by Crippen LogP contribution is 2.36. The minimum absolute atomic E-state index is 0.445. The van der Waals surface area contributed by atoms with E-state index < -0.39 is 0 Å². The van der Waals surface area contributed by atoms with E-state index >= 15 is 0 Å². The number of halogens is 1. The largest absolute Gasteiger partial charge is 0.496 e. The Balaban J connectivity index is 2.37. The second-order valence-electron chi connectivity index (χ2n) is 3.50. The van der Waals surface area contributed by atoms with Crippen LogP contribution in [0.5, 0.6) is 5.75 Å². The number of ether oxygens (including phenoxy) is 1. The van der Waals surface area contributed by atoms with Crippen molar-refractivity contribution in [2.45, 2.75) is 18.9 Å². The molecule has 1 atom stereocenters. The fraction of sp³-hybridized carbons (Fsp3) is 0.455. The van der Waals surface area contributed by atoms with Crippen LogP contribution in [0.2, 0.25) is 0 Å². The van der Waals surface area contributed by atoms with E-state index in [1.807, 2.05) is 12.1 Å². The summed E-state index contributed by atoms with van der Waals surface area (Å²) in [5.74, 6) is 0.971. The molecule has 1 aliphatic rings. The Morgan fingerprint density at radius 2 is 2.36 bits per heavy atom. The Morgan fingerprint density at radius 1 is 1.50 bits per heavy atom. The van der Waals surface area contributed by atoms with Crippen LogP contribution in [-0.4, -0.2) is 13.7 Å². The second-order valence-corrected chi connectivity index (χ2v) is 4.36. The van der Waals surface area contributed by atoms with Crippen LogP contribution in [0.3, 0.4) is 0 Å². The molecule has 1 aliphatic heterocycles. The molecule has 0 amide bonds. The summed E-state index contributed by atoms with van der Waals surface area (Å²) in [6.45, 7) is 1.11. The lowest BCUT2D eigenvalue weighted by Crippen LogP contribution is -2.14.